The van der Waals surface area contributed by atoms with Crippen molar-refractivity contribution in [1.82, 2.24) is 9.21 Å². The molecule has 156 valence electrons. The Hall–Kier alpha value is -2.56. The number of nitrogens with one attached hydrogen (secondary N) is 1. The molecule has 10 heteroatoms. The smallest absolute Gasteiger partial charge is 0.387 e. The normalized spacial score (nSPS) is 16.0. The van der Waals surface area contributed by atoms with Crippen molar-refractivity contribution in [2.45, 2.75) is 11.5 Å². The number of anilines is 1. The molecule has 0 aromatic heterocycles. The average molecular weight is 425 g/mol. The third-order valence-corrected chi connectivity index (χ3v) is 6.43. The van der Waals surface area contributed by atoms with Crippen LogP contribution in [0.5, 0.6) is 5.75 Å². The molecule has 2 aromatic carbocycles. The standard InChI is InChI=1S/C19H21F2N3O4S/c1-23-9-11-24(12-10-23)29(26,27)17-4-2-3-14(13-17)18(25)22-15-5-7-16(8-6-15)28-19(20)21/h2-8,13,19H,9-12H2,1H3,(H,22,25). The third kappa shape index (κ3) is 5.28. The van der Waals surface area contributed by atoms with Gasteiger partial charge in [-0.25, -0.2) is 8.42 Å². The monoisotopic (exact) mass is 425 g/mol. The number of likely N-dealkylation sites (N-methyl/N-ethyl adjacent to an activating group) is 1. The summed E-state index contributed by atoms with van der Waals surface area (Å²) in [6.45, 7) is -0.861. The lowest BCUT2D eigenvalue weighted by atomic mass is 10.2. The number of sulfonamides is 1. The number of hydrogen-bond donors (Lipinski definition) is 1. The van der Waals surface area contributed by atoms with Crippen LogP contribution in [-0.4, -0.2) is 63.4 Å². The lowest BCUT2D eigenvalue weighted by Gasteiger charge is -2.31. The zero-order chi connectivity index (χ0) is 21.0. The zero-order valence-electron chi connectivity index (χ0n) is 15.7. The van der Waals surface area contributed by atoms with Crippen molar-refractivity contribution in [2.24, 2.45) is 0 Å². The summed E-state index contributed by atoms with van der Waals surface area (Å²) in [5.74, 6) is -0.541. The molecule has 1 amide bonds. The molecule has 2 aromatic rings. The van der Waals surface area contributed by atoms with Gasteiger partial charge in [0.25, 0.3) is 5.91 Å². The van der Waals surface area contributed by atoms with Crippen molar-refractivity contribution in [2.75, 3.05) is 38.5 Å². The molecule has 0 spiro atoms. The zero-order valence-corrected chi connectivity index (χ0v) is 16.5. The number of carbonyl (C=O) groups is 1. The Labute approximate surface area is 167 Å². The number of piperazine rings is 1. The number of alkyl halides is 2. The number of carbonyl (C=O) groups excluding carboxylic acids is 1. The second-order valence-corrected chi connectivity index (χ2v) is 8.53. The van der Waals surface area contributed by atoms with E-state index in [1.807, 2.05) is 11.9 Å². The molecule has 1 aliphatic rings. The van der Waals surface area contributed by atoms with Gasteiger partial charge in [-0.15, -0.1) is 0 Å². The van der Waals surface area contributed by atoms with Gasteiger partial charge in [-0.2, -0.15) is 13.1 Å². The summed E-state index contributed by atoms with van der Waals surface area (Å²) in [6.07, 6.45) is 0. The van der Waals surface area contributed by atoms with Crippen LogP contribution in [0.15, 0.2) is 53.4 Å². The van der Waals surface area contributed by atoms with E-state index in [-0.39, 0.29) is 16.2 Å². The summed E-state index contributed by atoms with van der Waals surface area (Å²) in [6, 6.07) is 11.2. The van der Waals surface area contributed by atoms with E-state index in [0.29, 0.717) is 31.9 Å². The van der Waals surface area contributed by atoms with Crippen molar-refractivity contribution >= 4 is 21.6 Å². The molecule has 3 rings (SSSR count). The van der Waals surface area contributed by atoms with Gasteiger partial charge in [-0.1, -0.05) is 6.07 Å². The van der Waals surface area contributed by atoms with Crippen molar-refractivity contribution < 1.29 is 26.7 Å². The molecule has 0 saturated carbocycles. The highest BCUT2D eigenvalue weighted by Crippen LogP contribution is 2.21. The minimum absolute atomic E-state index is 0.0294. The molecule has 0 atom stereocenters. The lowest BCUT2D eigenvalue weighted by Crippen LogP contribution is -2.47. The minimum atomic E-state index is -3.69. The first-order valence-corrected chi connectivity index (χ1v) is 10.3. The molecule has 1 N–H and O–H groups in total. The molecule has 7 nitrogen and oxygen atoms in total. The molecular formula is C19H21F2N3O4S. The summed E-state index contributed by atoms with van der Waals surface area (Å²) in [5.41, 5.74) is 0.539. The van der Waals surface area contributed by atoms with Gasteiger partial charge in [-0.05, 0) is 49.5 Å². The van der Waals surface area contributed by atoms with E-state index in [1.165, 1.54) is 52.8 Å². The van der Waals surface area contributed by atoms with Crippen LogP contribution in [-0.2, 0) is 10.0 Å². The second kappa shape index (κ2) is 8.85. The Morgan fingerprint density at radius 3 is 2.34 bits per heavy atom. The lowest BCUT2D eigenvalue weighted by molar-refractivity contribution is -0.0498. The maximum atomic E-state index is 12.9. The van der Waals surface area contributed by atoms with E-state index in [1.54, 1.807) is 0 Å². The summed E-state index contributed by atoms with van der Waals surface area (Å²) in [5, 5.41) is 2.61. The Morgan fingerprint density at radius 2 is 1.72 bits per heavy atom. The molecule has 1 heterocycles. The van der Waals surface area contributed by atoms with Crippen LogP contribution in [0, 0.1) is 0 Å². The molecule has 0 radical (unpaired) electrons. The van der Waals surface area contributed by atoms with Crippen molar-refractivity contribution in [1.29, 1.82) is 0 Å². The molecule has 0 aliphatic carbocycles. The molecule has 1 saturated heterocycles. The van der Waals surface area contributed by atoms with Crippen LogP contribution in [0.4, 0.5) is 14.5 Å². The summed E-state index contributed by atoms with van der Waals surface area (Å²) in [7, 11) is -1.76. The van der Waals surface area contributed by atoms with E-state index in [2.05, 4.69) is 10.1 Å². The quantitative estimate of drug-likeness (QED) is 0.769. The second-order valence-electron chi connectivity index (χ2n) is 6.59. The van der Waals surface area contributed by atoms with Crippen molar-refractivity contribution in [3.63, 3.8) is 0 Å². The molecule has 0 unspecified atom stereocenters. The first-order chi connectivity index (χ1) is 13.8. The van der Waals surface area contributed by atoms with Gasteiger partial charge >= 0.3 is 6.61 Å². The van der Waals surface area contributed by atoms with Gasteiger partial charge in [-0.3, -0.25) is 4.79 Å². The highest BCUT2D eigenvalue weighted by molar-refractivity contribution is 7.89. The van der Waals surface area contributed by atoms with Crippen molar-refractivity contribution in [3.05, 3.63) is 54.1 Å². The number of ether oxygens (including phenoxy) is 1. The van der Waals surface area contributed by atoms with Crippen LogP contribution in [0.2, 0.25) is 0 Å². The fourth-order valence-corrected chi connectivity index (χ4v) is 4.37. The van der Waals surface area contributed by atoms with Gasteiger partial charge < -0.3 is 15.0 Å². The van der Waals surface area contributed by atoms with Gasteiger partial charge in [0.05, 0.1) is 4.90 Å². The molecular weight excluding hydrogens is 404 g/mol. The SMILES string of the molecule is CN1CCN(S(=O)(=O)c2cccc(C(=O)Nc3ccc(OC(F)F)cc3)c2)CC1. The Bertz CT molecular complexity index is 960. The van der Waals surface area contributed by atoms with Gasteiger partial charge in [0.15, 0.2) is 0 Å². The predicted octanol–water partition coefficient (Wildman–Crippen LogP) is 2.48. The van der Waals surface area contributed by atoms with E-state index in [9.17, 15) is 22.0 Å². The largest absolute Gasteiger partial charge is 0.435 e. The van der Waals surface area contributed by atoms with E-state index < -0.39 is 22.5 Å². The highest BCUT2D eigenvalue weighted by Gasteiger charge is 2.27. The number of hydrogen-bond acceptors (Lipinski definition) is 5. The van der Waals surface area contributed by atoms with Crippen LogP contribution < -0.4 is 10.1 Å². The van der Waals surface area contributed by atoms with E-state index >= 15 is 0 Å². The van der Waals surface area contributed by atoms with Crippen molar-refractivity contribution in [3.8, 4) is 5.75 Å². The maximum absolute atomic E-state index is 12.9. The van der Waals surface area contributed by atoms with Crippen LogP contribution in [0.1, 0.15) is 10.4 Å². The Kier molecular flexibility index (Phi) is 6.46. The van der Waals surface area contributed by atoms with Crippen LogP contribution in [0.3, 0.4) is 0 Å². The summed E-state index contributed by atoms with van der Waals surface area (Å²) in [4.78, 5) is 14.6. The van der Waals surface area contributed by atoms with Gasteiger partial charge in [0.2, 0.25) is 10.0 Å². The third-order valence-electron chi connectivity index (χ3n) is 4.53. The number of amides is 1. The number of rotatable bonds is 6. The fourth-order valence-electron chi connectivity index (χ4n) is 2.90. The summed E-state index contributed by atoms with van der Waals surface area (Å²) >= 11 is 0. The number of halogens is 2. The predicted molar refractivity (Wildman–Crippen MR) is 104 cm³/mol. The minimum Gasteiger partial charge on any atom is -0.435 e. The first-order valence-electron chi connectivity index (χ1n) is 8.91. The summed E-state index contributed by atoms with van der Waals surface area (Å²) < 4.78 is 55.8. The number of nitrogens with zero attached hydrogens (tertiary/aromatic N) is 2. The fraction of sp³-hybridized carbons (Fsp3) is 0.316. The number of benzene rings is 2. The maximum Gasteiger partial charge on any atom is 0.387 e. The van der Waals surface area contributed by atoms with E-state index in [0.717, 1.165) is 0 Å². The topological polar surface area (TPSA) is 79.0 Å². The molecule has 1 aliphatic heterocycles. The average Bonchev–Trinajstić information content (AvgIpc) is 2.69. The van der Waals surface area contributed by atoms with Crippen LogP contribution in [0.25, 0.3) is 0 Å². The van der Waals surface area contributed by atoms with Gasteiger partial charge in [0, 0.05) is 37.4 Å². The Balaban J connectivity index is 1.72. The highest BCUT2D eigenvalue weighted by atomic mass is 32.2. The molecule has 0 bridgehead atoms. The first kappa shape index (κ1) is 21.2. The molecule has 1 fully saturated rings. The molecule has 29 heavy (non-hydrogen) atoms. The Morgan fingerprint density at radius 1 is 1.07 bits per heavy atom. The van der Waals surface area contributed by atoms with Gasteiger partial charge in [0.1, 0.15) is 5.75 Å². The van der Waals surface area contributed by atoms with E-state index in [4.69, 9.17) is 0 Å². The van der Waals surface area contributed by atoms with Crippen LogP contribution >= 0.6 is 0 Å².